The molecule has 1 saturated heterocycles. The second kappa shape index (κ2) is 7.45. The summed E-state index contributed by atoms with van der Waals surface area (Å²) in [6.07, 6.45) is 1.08. The lowest BCUT2D eigenvalue weighted by atomic mass is 10.00. The minimum Gasteiger partial charge on any atom is -0.344 e. The maximum absolute atomic E-state index is 12.9. The number of amides is 3. The molecule has 0 aliphatic carbocycles. The molecule has 1 aromatic carbocycles. The summed E-state index contributed by atoms with van der Waals surface area (Å²) < 4.78 is 0. The Morgan fingerprint density at radius 2 is 1.96 bits per heavy atom. The molecule has 26 heavy (non-hydrogen) atoms. The van der Waals surface area contributed by atoms with Crippen LogP contribution in [0.1, 0.15) is 11.1 Å². The molecule has 3 amide bonds. The van der Waals surface area contributed by atoms with Gasteiger partial charge in [-0.25, -0.2) is 0 Å². The summed E-state index contributed by atoms with van der Waals surface area (Å²) >= 11 is 5.14. The van der Waals surface area contributed by atoms with E-state index in [1.54, 1.807) is 18.2 Å². The van der Waals surface area contributed by atoms with Crippen LogP contribution in [0.4, 0.5) is 5.69 Å². The first-order valence-electron chi connectivity index (χ1n) is 7.77. The Balaban J connectivity index is 2.46. The molecule has 1 aromatic rings. The van der Waals surface area contributed by atoms with Crippen LogP contribution in [0.15, 0.2) is 29.8 Å². The van der Waals surface area contributed by atoms with E-state index in [2.05, 4.69) is 5.32 Å². The second-order valence-electron chi connectivity index (χ2n) is 6.11. The Bertz CT molecular complexity index is 883. The number of nitrogens with zero attached hydrogens (tertiary/aromatic N) is 3. The number of likely N-dealkylation sites (N-methyl/N-ethyl adjacent to an activating group) is 1. The summed E-state index contributed by atoms with van der Waals surface area (Å²) in [4.78, 5) is 39.5. The molecule has 0 aromatic heterocycles. The van der Waals surface area contributed by atoms with Crippen molar-refractivity contribution in [3.05, 3.63) is 41.0 Å². The molecule has 1 N–H and O–H groups in total. The van der Waals surface area contributed by atoms with E-state index in [0.717, 1.165) is 17.2 Å². The average molecular weight is 370 g/mol. The van der Waals surface area contributed by atoms with E-state index >= 15 is 0 Å². The molecule has 134 valence electrons. The lowest BCUT2D eigenvalue weighted by Crippen LogP contribution is -2.57. The van der Waals surface area contributed by atoms with Gasteiger partial charge in [-0.3, -0.25) is 19.3 Å². The predicted octanol–water partition coefficient (Wildman–Crippen LogP) is 1.21. The van der Waals surface area contributed by atoms with Crippen molar-refractivity contribution in [2.45, 2.75) is 13.8 Å². The molecule has 1 heterocycles. The first-order valence-corrected chi connectivity index (χ1v) is 8.17. The number of carbonyl (C=O) groups excluding carboxylic acids is 3. The minimum atomic E-state index is -1.32. The van der Waals surface area contributed by atoms with Gasteiger partial charge in [0.2, 0.25) is 11.8 Å². The maximum atomic E-state index is 12.9. The lowest BCUT2D eigenvalue weighted by molar-refractivity contribution is -0.131. The Morgan fingerprint density at radius 1 is 1.31 bits per heavy atom. The molecule has 0 radical (unpaired) electrons. The van der Waals surface area contributed by atoms with Gasteiger partial charge < -0.3 is 10.2 Å². The molecular weight excluding hydrogens is 352 g/mol. The molecule has 8 heteroatoms. The highest BCUT2D eigenvalue weighted by Gasteiger charge is 2.39. The fraction of sp³-hybridized carbons (Fsp3) is 0.278. The van der Waals surface area contributed by atoms with Gasteiger partial charge in [0, 0.05) is 14.1 Å². The Hall–Kier alpha value is -3.05. The quantitative estimate of drug-likeness (QED) is 0.374. The first-order chi connectivity index (χ1) is 12.2. The van der Waals surface area contributed by atoms with Crippen LogP contribution in [0.2, 0.25) is 0 Å². The van der Waals surface area contributed by atoms with E-state index in [0.29, 0.717) is 5.69 Å². The molecule has 0 saturated carbocycles. The van der Waals surface area contributed by atoms with Crippen molar-refractivity contribution in [2.75, 3.05) is 19.0 Å². The molecular formula is C18H18N4O3S. The normalized spacial score (nSPS) is 17.7. The van der Waals surface area contributed by atoms with Crippen LogP contribution in [0.3, 0.4) is 0 Å². The van der Waals surface area contributed by atoms with Gasteiger partial charge in [-0.05, 0) is 55.4 Å². The highest BCUT2D eigenvalue weighted by atomic mass is 32.1. The zero-order valence-corrected chi connectivity index (χ0v) is 15.7. The molecule has 1 aliphatic heterocycles. The van der Waals surface area contributed by atoms with Crippen molar-refractivity contribution in [3.63, 3.8) is 0 Å². The van der Waals surface area contributed by atoms with E-state index in [-0.39, 0.29) is 10.7 Å². The van der Waals surface area contributed by atoms with Gasteiger partial charge in [-0.1, -0.05) is 6.07 Å². The highest BCUT2D eigenvalue weighted by molar-refractivity contribution is 7.80. The van der Waals surface area contributed by atoms with Crippen molar-refractivity contribution < 1.29 is 14.4 Å². The van der Waals surface area contributed by atoms with Gasteiger partial charge in [0.15, 0.2) is 5.11 Å². The van der Waals surface area contributed by atoms with Crippen LogP contribution in [-0.4, -0.2) is 41.8 Å². The van der Waals surface area contributed by atoms with Crippen LogP contribution in [-0.2, 0) is 14.4 Å². The SMILES string of the molecule is Cc1ccc(N2C(=O)[C@@H](/C=C(\C#N)C(=O)N(C)C)C(=O)NC2=S)cc1C. The molecule has 2 rings (SSSR count). The number of anilines is 1. The van der Waals surface area contributed by atoms with E-state index in [1.807, 2.05) is 19.9 Å². The van der Waals surface area contributed by atoms with Crippen molar-refractivity contribution in [3.8, 4) is 6.07 Å². The molecule has 1 atom stereocenters. The van der Waals surface area contributed by atoms with E-state index in [1.165, 1.54) is 23.9 Å². The summed E-state index contributed by atoms with van der Waals surface area (Å²) in [5.74, 6) is -3.18. The number of thiocarbonyl (C=S) groups is 1. The monoisotopic (exact) mass is 370 g/mol. The van der Waals surface area contributed by atoms with E-state index in [9.17, 15) is 19.6 Å². The van der Waals surface area contributed by atoms with Crippen molar-refractivity contribution in [1.82, 2.24) is 10.2 Å². The van der Waals surface area contributed by atoms with Gasteiger partial charge in [0.05, 0.1) is 5.69 Å². The fourth-order valence-electron chi connectivity index (χ4n) is 2.41. The average Bonchev–Trinajstić information content (AvgIpc) is 2.57. The minimum absolute atomic E-state index is 0.0367. The van der Waals surface area contributed by atoms with Gasteiger partial charge in [-0.15, -0.1) is 0 Å². The van der Waals surface area contributed by atoms with Crippen LogP contribution < -0.4 is 10.2 Å². The molecule has 0 spiro atoms. The second-order valence-corrected chi connectivity index (χ2v) is 6.49. The molecule has 7 nitrogen and oxygen atoms in total. The lowest BCUT2D eigenvalue weighted by Gasteiger charge is -2.31. The van der Waals surface area contributed by atoms with Gasteiger partial charge >= 0.3 is 0 Å². The summed E-state index contributed by atoms with van der Waals surface area (Å²) in [6.45, 7) is 3.84. The Labute approximate surface area is 156 Å². The summed E-state index contributed by atoms with van der Waals surface area (Å²) in [5, 5.41) is 11.6. The summed E-state index contributed by atoms with van der Waals surface area (Å²) in [6, 6.07) is 7.09. The van der Waals surface area contributed by atoms with E-state index < -0.39 is 23.6 Å². The Morgan fingerprint density at radius 3 is 2.50 bits per heavy atom. The van der Waals surface area contributed by atoms with E-state index in [4.69, 9.17) is 12.2 Å². The van der Waals surface area contributed by atoms with Crippen LogP contribution in [0, 0.1) is 31.1 Å². The van der Waals surface area contributed by atoms with Gasteiger partial charge in [-0.2, -0.15) is 5.26 Å². The highest BCUT2D eigenvalue weighted by Crippen LogP contribution is 2.24. The fourth-order valence-corrected chi connectivity index (χ4v) is 2.71. The summed E-state index contributed by atoms with van der Waals surface area (Å²) in [5.41, 5.74) is 2.24. The largest absolute Gasteiger partial charge is 0.344 e. The zero-order chi connectivity index (χ0) is 19.6. The van der Waals surface area contributed by atoms with Gasteiger partial charge in [0.1, 0.15) is 17.6 Å². The number of carbonyl (C=O) groups is 3. The number of aryl methyl sites for hydroxylation is 2. The molecule has 1 aliphatic rings. The maximum Gasteiger partial charge on any atom is 0.263 e. The molecule has 0 bridgehead atoms. The molecule has 0 unspecified atom stereocenters. The molecule has 1 fully saturated rings. The van der Waals surface area contributed by atoms with Crippen molar-refractivity contribution >= 4 is 40.7 Å². The number of nitrogens with one attached hydrogen (secondary N) is 1. The first kappa shape index (κ1) is 19.3. The number of benzene rings is 1. The number of rotatable bonds is 3. The summed E-state index contributed by atoms with van der Waals surface area (Å²) in [7, 11) is 2.96. The smallest absolute Gasteiger partial charge is 0.263 e. The van der Waals surface area contributed by atoms with Crippen LogP contribution in [0.5, 0.6) is 0 Å². The third-order valence-corrected chi connectivity index (χ3v) is 4.33. The zero-order valence-electron chi connectivity index (χ0n) is 14.9. The van der Waals surface area contributed by atoms with Crippen LogP contribution in [0.25, 0.3) is 0 Å². The van der Waals surface area contributed by atoms with Crippen molar-refractivity contribution in [1.29, 1.82) is 5.26 Å². The number of nitriles is 1. The predicted molar refractivity (Wildman–Crippen MR) is 100 cm³/mol. The van der Waals surface area contributed by atoms with Crippen LogP contribution >= 0.6 is 12.2 Å². The number of hydrogen-bond acceptors (Lipinski definition) is 5. The van der Waals surface area contributed by atoms with Crippen molar-refractivity contribution in [2.24, 2.45) is 5.92 Å². The van der Waals surface area contributed by atoms with Gasteiger partial charge in [0.25, 0.3) is 5.91 Å². The topological polar surface area (TPSA) is 93.5 Å². The number of hydrogen-bond donors (Lipinski definition) is 1. The third kappa shape index (κ3) is 3.63. The standard InChI is InChI=1S/C18H18N4O3S/c1-10-5-6-13(7-11(10)2)22-17(25)14(15(23)20-18(22)26)8-12(9-19)16(24)21(3)4/h5-8,14H,1-4H3,(H,20,23,26)/b12-8+/t14-/m0/s1. The third-order valence-electron chi connectivity index (χ3n) is 4.04. The Kier molecular flexibility index (Phi) is 5.53.